The Morgan fingerprint density at radius 1 is 1.38 bits per heavy atom. The van der Waals surface area contributed by atoms with Gasteiger partial charge in [0.1, 0.15) is 5.75 Å². The average Bonchev–Trinajstić information content (AvgIpc) is 2.32. The van der Waals surface area contributed by atoms with Crippen LogP contribution in [0.1, 0.15) is 6.92 Å². The maximum atomic E-state index is 12.1. The van der Waals surface area contributed by atoms with Gasteiger partial charge in [-0.1, -0.05) is 0 Å². The summed E-state index contributed by atoms with van der Waals surface area (Å²) in [5.74, 6) is -0.275. The summed E-state index contributed by atoms with van der Waals surface area (Å²) in [5.41, 5.74) is 0.738. The Labute approximate surface area is 119 Å². The number of rotatable bonds is 4. The molecule has 0 aliphatic carbocycles. The molecule has 1 aliphatic rings. The highest BCUT2D eigenvalue weighted by Gasteiger charge is 2.34. The van der Waals surface area contributed by atoms with Crippen molar-refractivity contribution in [3.05, 3.63) is 24.3 Å². The monoisotopic (exact) mass is 304 g/mol. The Morgan fingerprint density at radius 2 is 1.95 bits per heavy atom. The van der Waals surface area contributed by atoms with Gasteiger partial charge in [-0.05, 0) is 31.2 Å². The molecular formula is C13H15F3N2O3. The van der Waals surface area contributed by atoms with E-state index in [2.05, 4.69) is 4.74 Å². The third kappa shape index (κ3) is 3.71. The number of benzene rings is 1. The summed E-state index contributed by atoms with van der Waals surface area (Å²) in [6, 6.07) is 5.61. The standard InChI is InChI=1S/C13H15F3N2O3/c1-2-18(10-7-17(8-10)12(19)20)9-3-5-11(6-4-9)21-13(14,15)16/h3-6,10H,2,7-8H2,1H3,(H,19,20). The predicted molar refractivity (Wildman–Crippen MR) is 69.5 cm³/mol. The van der Waals surface area contributed by atoms with Crippen molar-refractivity contribution < 1.29 is 27.8 Å². The first-order valence-corrected chi connectivity index (χ1v) is 6.40. The molecule has 1 aliphatic heterocycles. The summed E-state index contributed by atoms with van der Waals surface area (Å²) in [6.45, 7) is 3.33. The molecule has 1 amide bonds. The van der Waals surface area contributed by atoms with E-state index in [4.69, 9.17) is 5.11 Å². The van der Waals surface area contributed by atoms with Crippen LogP contribution in [0.15, 0.2) is 24.3 Å². The number of likely N-dealkylation sites (tertiary alicyclic amines) is 1. The zero-order chi connectivity index (χ0) is 15.6. The number of alkyl halides is 3. The SMILES string of the molecule is CCN(c1ccc(OC(F)(F)F)cc1)C1CN(C(=O)O)C1. The number of hydrogen-bond acceptors (Lipinski definition) is 3. The minimum atomic E-state index is -4.71. The van der Waals surface area contributed by atoms with Crippen LogP contribution in [0.5, 0.6) is 5.75 Å². The first-order valence-electron chi connectivity index (χ1n) is 6.40. The van der Waals surface area contributed by atoms with E-state index in [9.17, 15) is 18.0 Å². The van der Waals surface area contributed by atoms with E-state index in [0.717, 1.165) is 5.69 Å². The number of likely N-dealkylation sites (N-methyl/N-ethyl adjacent to an activating group) is 1. The van der Waals surface area contributed by atoms with E-state index in [0.29, 0.717) is 19.6 Å². The molecule has 1 saturated heterocycles. The molecule has 116 valence electrons. The van der Waals surface area contributed by atoms with Gasteiger partial charge in [0, 0.05) is 25.3 Å². The van der Waals surface area contributed by atoms with Crippen LogP contribution in [0.25, 0.3) is 0 Å². The molecule has 0 bridgehead atoms. The average molecular weight is 304 g/mol. The zero-order valence-corrected chi connectivity index (χ0v) is 11.3. The van der Waals surface area contributed by atoms with Crippen LogP contribution in [0, 0.1) is 0 Å². The lowest BCUT2D eigenvalue weighted by Crippen LogP contribution is -2.61. The van der Waals surface area contributed by atoms with Crippen LogP contribution in [0.4, 0.5) is 23.7 Å². The minimum Gasteiger partial charge on any atom is -0.465 e. The normalized spacial score (nSPS) is 15.5. The van der Waals surface area contributed by atoms with Crippen molar-refractivity contribution in [3.63, 3.8) is 0 Å². The second-order valence-electron chi connectivity index (χ2n) is 4.67. The number of carbonyl (C=O) groups is 1. The summed E-state index contributed by atoms with van der Waals surface area (Å²) >= 11 is 0. The molecule has 1 aromatic rings. The first kappa shape index (κ1) is 15.3. The van der Waals surface area contributed by atoms with E-state index in [1.165, 1.54) is 29.2 Å². The number of carboxylic acid groups (broad SMARTS) is 1. The molecule has 8 heteroatoms. The summed E-state index contributed by atoms with van der Waals surface area (Å²) in [7, 11) is 0. The maximum absolute atomic E-state index is 12.1. The quantitative estimate of drug-likeness (QED) is 0.929. The Kier molecular flexibility index (Phi) is 4.15. The van der Waals surface area contributed by atoms with Crippen LogP contribution in [-0.4, -0.2) is 48.1 Å². The Bertz CT molecular complexity index is 498. The smallest absolute Gasteiger partial charge is 0.465 e. The van der Waals surface area contributed by atoms with Gasteiger partial charge >= 0.3 is 12.5 Å². The van der Waals surface area contributed by atoms with E-state index < -0.39 is 12.5 Å². The van der Waals surface area contributed by atoms with Crippen LogP contribution in [0.2, 0.25) is 0 Å². The van der Waals surface area contributed by atoms with Gasteiger partial charge in [0.15, 0.2) is 0 Å². The van der Waals surface area contributed by atoms with Gasteiger partial charge in [0.25, 0.3) is 0 Å². The lowest BCUT2D eigenvalue weighted by atomic mass is 10.1. The molecule has 5 nitrogen and oxygen atoms in total. The zero-order valence-electron chi connectivity index (χ0n) is 11.3. The lowest BCUT2D eigenvalue weighted by molar-refractivity contribution is -0.274. The Balaban J connectivity index is 2.01. The van der Waals surface area contributed by atoms with Crippen molar-refractivity contribution in [3.8, 4) is 5.75 Å². The number of anilines is 1. The highest BCUT2D eigenvalue weighted by molar-refractivity contribution is 5.67. The first-order chi connectivity index (χ1) is 9.80. The van der Waals surface area contributed by atoms with Crippen molar-refractivity contribution >= 4 is 11.8 Å². The summed E-state index contributed by atoms with van der Waals surface area (Å²) in [5, 5.41) is 8.80. The lowest BCUT2D eigenvalue weighted by Gasteiger charge is -2.44. The van der Waals surface area contributed by atoms with Gasteiger partial charge in [-0.25, -0.2) is 4.79 Å². The van der Waals surface area contributed by atoms with Crippen molar-refractivity contribution in [2.75, 3.05) is 24.5 Å². The van der Waals surface area contributed by atoms with Crippen molar-refractivity contribution in [2.45, 2.75) is 19.3 Å². The molecule has 1 aromatic carbocycles. The van der Waals surface area contributed by atoms with Crippen LogP contribution < -0.4 is 9.64 Å². The van der Waals surface area contributed by atoms with E-state index in [1.54, 1.807) is 0 Å². The van der Waals surface area contributed by atoms with Gasteiger partial charge in [-0.2, -0.15) is 0 Å². The van der Waals surface area contributed by atoms with Crippen LogP contribution in [0.3, 0.4) is 0 Å². The minimum absolute atomic E-state index is 0.0421. The molecule has 0 spiro atoms. The molecule has 1 heterocycles. The van der Waals surface area contributed by atoms with Gasteiger partial charge < -0.3 is 19.6 Å². The largest absolute Gasteiger partial charge is 0.573 e. The number of hydrogen-bond donors (Lipinski definition) is 1. The number of halogens is 3. The topological polar surface area (TPSA) is 53.0 Å². The fourth-order valence-corrected chi connectivity index (χ4v) is 2.30. The fraction of sp³-hybridized carbons (Fsp3) is 0.462. The van der Waals surface area contributed by atoms with Gasteiger partial charge in [0.2, 0.25) is 0 Å². The Morgan fingerprint density at radius 3 is 2.38 bits per heavy atom. The maximum Gasteiger partial charge on any atom is 0.573 e. The van der Waals surface area contributed by atoms with Gasteiger partial charge in [0.05, 0.1) is 6.04 Å². The van der Waals surface area contributed by atoms with E-state index in [1.807, 2.05) is 11.8 Å². The van der Waals surface area contributed by atoms with Crippen molar-refractivity contribution in [2.24, 2.45) is 0 Å². The molecule has 0 atom stereocenters. The van der Waals surface area contributed by atoms with E-state index in [-0.39, 0.29) is 11.8 Å². The third-order valence-corrected chi connectivity index (χ3v) is 3.32. The van der Waals surface area contributed by atoms with Crippen LogP contribution >= 0.6 is 0 Å². The van der Waals surface area contributed by atoms with Gasteiger partial charge in [-0.3, -0.25) is 0 Å². The van der Waals surface area contributed by atoms with E-state index >= 15 is 0 Å². The number of nitrogens with zero attached hydrogens (tertiary/aromatic N) is 2. The number of ether oxygens (including phenoxy) is 1. The molecule has 0 radical (unpaired) electrons. The molecule has 0 aromatic heterocycles. The van der Waals surface area contributed by atoms with Crippen molar-refractivity contribution in [1.29, 1.82) is 0 Å². The number of amides is 1. The molecular weight excluding hydrogens is 289 g/mol. The Hall–Kier alpha value is -2.12. The van der Waals surface area contributed by atoms with Crippen molar-refractivity contribution in [1.82, 2.24) is 4.90 Å². The van der Waals surface area contributed by atoms with Gasteiger partial charge in [-0.15, -0.1) is 13.2 Å². The summed E-state index contributed by atoms with van der Waals surface area (Å²) < 4.78 is 40.1. The predicted octanol–water partition coefficient (Wildman–Crippen LogP) is 2.77. The molecule has 0 unspecified atom stereocenters. The molecule has 1 N–H and O–H groups in total. The van der Waals surface area contributed by atoms with Crippen LogP contribution in [-0.2, 0) is 0 Å². The fourth-order valence-electron chi connectivity index (χ4n) is 2.30. The second kappa shape index (κ2) is 5.71. The molecule has 2 rings (SSSR count). The molecule has 1 fully saturated rings. The summed E-state index contributed by atoms with van der Waals surface area (Å²) in [6.07, 6.45) is -5.67. The highest BCUT2D eigenvalue weighted by atomic mass is 19.4. The summed E-state index contributed by atoms with van der Waals surface area (Å²) in [4.78, 5) is 14.0. The molecule has 0 saturated carbocycles. The third-order valence-electron chi connectivity index (χ3n) is 3.32. The highest BCUT2D eigenvalue weighted by Crippen LogP contribution is 2.27. The second-order valence-corrected chi connectivity index (χ2v) is 4.67. The molecule has 21 heavy (non-hydrogen) atoms.